The zero-order valence-corrected chi connectivity index (χ0v) is 10.8. The maximum absolute atomic E-state index is 9.81. The molecule has 96 valence electrons. The van der Waals surface area contributed by atoms with E-state index in [4.69, 9.17) is 0 Å². The molecule has 2 aromatic heterocycles. The van der Waals surface area contributed by atoms with Crippen molar-refractivity contribution in [3.63, 3.8) is 0 Å². The largest absolute Gasteiger partial charge is 0.388 e. The molecule has 0 bridgehead atoms. The fourth-order valence-electron chi connectivity index (χ4n) is 2.33. The summed E-state index contributed by atoms with van der Waals surface area (Å²) in [5.74, 6) is 0. The van der Waals surface area contributed by atoms with E-state index in [0.717, 1.165) is 34.1 Å². The van der Waals surface area contributed by atoms with Gasteiger partial charge in [0.2, 0.25) is 0 Å². The minimum absolute atomic E-state index is 0.376. The summed E-state index contributed by atoms with van der Waals surface area (Å²) in [5, 5.41) is 10.9. The lowest BCUT2D eigenvalue weighted by Crippen LogP contribution is -1.94. The number of H-pyrrole nitrogens is 1. The van der Waals surface area contributed by atoms with Gasteiger partial charge in [-0.3, -0.25) is 0 Å². The molecule has 0 saturated carbocycles. The summed E-state index contributed by atoms with van der Waals surface area (Å²) >= 11 is 0. The Bertz CT molecular complexity index is 685. The van der Waals surface area contributed by atoms with Crippen molar-refractivity contribution in [3.8, 4) is 11.1 Å². The Morgan fingerprint density at radius 1 is 1.16 bits per heavy atom. The Balaban J connectivity index is 2.05. The number of benzene rings is 1. The quantitative estimate of drug-likeness (QED) is 0.747. The fraction of sp³-hybridized carbons (Fsp3) is 0.188. The standard InChI is InChI=1S/C16H16N2O/c1-2-15(19)12-5-3-11(4-6-12)13-7-9-17-16-14(13)8-10-18-16/h3-10,15,19H,2H2,1H3,(H,17,18)/t15-/m0/s1. The second-order valence-electron chi connectivity index (χ2n) is 4.64. The molecule has 0 aliphatic rings. The van der Waals surface area contributed by atoms with E-state index in [9.17, 15) is 5.11 Å². The van der Waals surface area contributed by atoms with Crippen molar-refractivity contribution in [2.24, 2.45) is 0 Å². The zero-order valence-electron chi connectivity index (χ0n) is 10.8. The van der Waals surface area contributed by atoms with Gasteiger partial charge in [0.1, 0.15) is 5.65 Å². The Labute approximate surface area is 111 Å². The van der Waals surface area contributed by atoms with Crippen LogP contribution in [0.5, 0.6) is 0 Å². The van der Waals surface area contributed by atoms with E-state index >= 15 is 0 Å². The van der Waals surface area contributed by atoms with E-state index in [-0.39, 0.29) is 6.10 Å². The number of pyridine rings is 1. The summed E-state index contributed by atoms with van der Waals surface area (Å²) < 4.78 is 0. The Hall–Kier alpha value is -2.13. The summed E-state index contributed by atoms with van der Waals surface area (Å²) in [7, 11) is 0. The number of aromatic amines is 1. The highest BCUT2D eigenvalue weighted by atomic mass is 16.3. The smallest absolute Gasteiger partial charge is 0.137 e. The first-order valence-corrected chi connectivity index (χ1v) is 6.50. The van der Waals surface area contributed by atoms with E-state index in [1.807, 2.05) is 43.6 Å². The summed E-state index contributed by atoms with van der Waals surface area (Å²) in [6.07, 6.45) is 4.06. The average molecular weight is 252 g/mol. The van der Waals surface area contributed by atoms with Crippen LogP contribution in [-0.2, 0) is 0 Å². The van der Waals surface area contributed by atoms with Crippen LogP contribution in [0.4, 0.5) is 0 Å². The molecule has 19 heavy (non-hydrogen) atoms. The topological polar surface area (TPSA) is 48.9 Å². The molecule has 1 aromatic carbocycles. The molecule has 0 unspecified atom stereocenters. The van der Waals surface area contributed by atoms with Gasteiger partial charge >= 0.3 is 0 Å². The number of hydrogen-bond donors (Lipinski definition) is 2. The van der Waals surface area contributed by atoms with Crippen molar-refractivity contribution in [1.82, 2.24) is 9.97 Å². The van der Waals surface area contributed by atoms with Crippen molar-refractivity contribution in [2.75, 3.05) is 0 Å². The first kappa shape index (κ1) is 11.9. The molecule has 0 spiro atoms. The van der Waals surface area contributed by atoms with Crippen LogP contribution in [-0.4, -0.2) is 15.1 Å². The van der Waals surface area contributed by atoms with E-state index in [2.05, 4.69) is 22.1 Å². The minimum Gasteiger partial charge on any atom is -0.388 e. The molecule has 0 amide bonds. The van der Waals surface area contributed by atoms with Crippen molar-refractivity contribution >= 4 is 11.0 Å². The van der Waals surface area contributed by atoms with Crippen LogP contribution in [0.15, 0.2) is 48.8 Å². The summed E-state index contributed by atoms with van der Waals surface area (Å²) in [6, 6.07) is 12.1. The van der Waals surface area contributed by atoms with Gasteiger partial charge in [0.25, 0.3) is 0 Å². The average Bonchev–Trinajstić information content (AvgIpc) is 2.95. The van der Waals surface area contributed by atoms with Gasteiger partial charge in [0, 0.05) is 17.8 Å². The first-order chi connectivity index (χ1) is 9.29. The highest BCUT2D eigenvalue weighted by Gasteiger charge is 2.07. The predicted molar refractivity (Wildman–Crippen MR) is 76.8 cm³/mol. The van der Waals surface area contributed by atoms with Crippen molar-refractivity contribution < 1.29 is 5.11 Å². The lowest BCUT2D eigenvalue weighted by atomic mass is 10.00. The summed E-state index contributed by atoms with van der Waals surface area (Å²) in [6.45, 7) is 1.98. The van der Waals surface area contributed by atoms with Crippen molar-refractivity contribution in [2.45, 2.75) is 19.4 Å². The molecule has 2 N–H and O–H groups in total. The van der Waals surface area contributed by atoms with Crippen LogP contribution in [0.1, 0.15) is 25.0 Å². The van der Waals surface area contributed by atoms with Gasteiger partial charge in [0.05, 0.1) is 6.10 Å². The molecule has 3 heteroatoms. The molecule has 3 rings (SSSR count). The van der Waals surface area contributed by atoms with Crippen LogP contribution in [0.2, 0.25) is 0 Å². The highest BCUT2D eigenvalue weighted by Crippen LogP contribution is 2.28. The van der Waals surface area contributed by atoms with Gasteiger partial charge in [-0.25, -0.2) is 4.98 Å². The third-order valence-electron chi connectivity index (χ3n) is 3.45. The molecule has 3 aromatic rings. The first-order valence-electron chi connectivity index (χ1n) is 6.50. The molecule has 2 heterocycles. The molecule has 1 atom stereocenters. The molecular weight excluding hydrogens is 236 g/mol. The number of nitrogens with zero attached hydrogens (tertiary/aromatic N) is 1. The molecule has 0 fully saturated rings. The third-order valence-corrected chi connectivity index (χ3v) is 3.45. The maximum Gasteiger partial charge on any atom is 0.137 e. The van der Waals surface area contributed by atoms with Gasteiger partial charge in [-0.15, -0.1) is 0 Å². The molecular formula is C16H16N2O. The number of aromatic nitrogens is 2. The second kappa shape index (κ2) is 4.86. The van der Waals surface area contributed by atoms with Gasteiger partial charge < -0.3 is 10.1 Å². The number of aliphatic hydroxyl groups excluding tert-OH is 1. The minimum atomic E-state index is -0.376. The SMILES string of the molecule is CC[C@H](O)c1ccc(-c2ccnc3[nH]ccc23)cc1. The van der Waals surface area contributed by atoms with E-state index in [1.54, 1.807) is 0 Å². The van der Waals surface area contributed by atoms with Crippen LogP contribution < -0.4 is 0 Å². The fourth-order valence-corrected chi connectivity index (χ4v) is 2.33. The van der Waals surface area contributed by atoms with Crippen LogP contribution in [0.3, 0.4) is 0 Å². The Morgan fingerprint density at radius 3 is 2.68 bits per heavy atom. The van der Waals surface area contributed by atoms with Crippen LogP contribution in [0.25, 0.3) is 22.2 Å². The molecule has 0 radical (unpaired) electrons. The third kappa shape index (κ3) is 2.13. The number of hydrogen-bond acceptors (Lipinski definition) is 2. The number of rotatable bonds is 3. The zero-order chi connectivity index (χ0) is 13.2. The highest BCUT2D eigenvalue weighted by molar-refractivity contribution is 5.92. The molecule has 0 aliphatic heterocycles. The second-order valence-corrected chi connectivity index (χ2v) is 4.64. The van der Waals surface area contributed by atoms with Crippen LogP contribution >= 0.6 is 0 Å². The number of aliphatic hydroxyl groups is 1. The Morgan fingerprint density at radius 2 is 1.95 bits per heavy atom. The van der Waals surface area contributed by atoms with Crippen molar-refractivity contribution in [1.29, 1.82) is 0 Å². The molecule has 3 nitrogen and oxygen atoms in total. The molecule has 0 saturated heterocycles. The lowest BCUT2D eigenvalue weighted by molar-refractivity contribution is 0.173. The van der Waals surface area contributed by atoms with Gasteiger partial charge in [-0.1, -0.05) is 31.2 Å². The lowest BCUT2D eigenvalue weighted by Gasteiger charge is -2.09. The van der Waals surface area contributed by atoms with Crippen molar-refractivity contribution in [3.05, 3.63) is 54.4 Å². The van der Waals surface area contributed by atoms with Gasteiger partial charge in [0.15, 0.2) is 0 Å². The summed E-state index contributed by atoms with van der Waals surface area (Å²) in [5.41, 5.74) is 4.16. The maximum atomic E-state index is 9.81. The monoisotopic (exact) mass is 252 g/mol. The van der Waals surface area contributed by atoms with E-state index in [1.165, 1.54) is 0 Å². The van der Waals surface area contributed by atoms with E-state index < -0.39 is 0 Å². The van der Waals surface area contributed by atoms with Crippen LogP contribution in [0, 0.1) is 0 Å². The Kier molecular flexibility index (Phi) is 3.05. The van der Waals surface area contributed by atoms with E-state index in [0.29, 0.717) is 0 Å². The predicted octanol–water partition coefficient (Wildman–Crippen LogP) is 3.67. The molecule has 0 aliphatic carbocycles. The number of nitrogens with one attached hydrogen (secondary N) is 1. The number of fused-ring (bicyclic) bond motifs is 1. The van der Waals surface area contributed by atoms with Gasteiger partial charge in [-0.05, 0) is 35.2 Å². The normalized spacial score (nSPS) is 12.7. The summed E-state index contributed by atoms with van der Waals surface area (Å²) in [4.78, 5) is 7.41. The van der Waals surface area contributed by atoms with Gasteiger partial charge in [-0.2, -0.15) is 0 Å².